The fraction of sp³-hybridized carbons (Fsp3) is 0.364. The molecule has 0 aromatic heterocycles. The summed E-state index contributed by atoms with van der Waals surface area (Å²) in [4.78, 5) is 46.2. The summed E-state index contributed by atoms with van der Waals surface area (Å²) in [5.41, 5.74) is 1.70. The van der Waals surface area contributed by atoms with Gasteiger partial charge in [-0.05, 0) is 67.6 Å². The van der Waals surface area contributed by atoms with Crippen LogP contribution in [0.2, 0.25) is 0 Å². The lowest BCUT2D eigenvalue weighted by Gasteiger charge is -2.43. The number of hydrogen-bond donors (Lipinski definition) is 2. The van der Waals surface area contributed by atoms with Gasteiger partial charge in [0.2, 0.25) is 5.91 Å². The number of carbonyl (C=O) groups is 3. The van der Waals surface area contributed by atoms with Crippen molar-refractivity contribution < 1.29 is 19.1 Å². The summed E-state index contributed by atoms with van der Waals surface area (Å²) in [7, 11) is 0. The van der Waals surface area contributed by atoms with Crippen molar-refractivity contribution >= 4 is 29.0 Å². The number of ketones is 1. The van der Waals surface area contributed by atoms with Gasteiger partial charge in [-0.25, -0.2) is 0 Å². The van der Waals surface area contributed by atoms with Crippen LogP contribution in [0, 0.1) is 5.92 Å². The van der Waals surface area contributed by atoms with Crippen LogP contribution in [0.5, 0.6) is 5.75 Å². The lowest BCUT2D eigenvalue weighted by molar-refractivity contribution is -0.137. The molecule has 4 heterocycles. The first-order valence-electron chi connectivity index (χ1n) is 14.4. The molecule has 7 heteroatoms. The summed E-state index contributed by atoms with van der Waals surface area (Å²) in [6.45, 7) is 5.31. The van der Waals surface area contributed by atoms with Crippen molar-refractivity contribution in [3.8, 4) is 5.75 Å². The number of ether oxygens (including phenoxy) is 1. The number of nitrogens with one attached hydrogen (secondary N) is 2. The van der Waals surface area contributed by atoms with E-state index in [-0.39, 0.29) is 23.6 Å². The number of nitrogens with zero attached hydrogens (tertiary/aromatic N) is 1. The van der Waals surface area contributed by atoms with Gasteiger partial charge in [0.15, 0.2) is 5.78 Å². The molecule has 2 amide bonds. The average molecular weight is 536 g/mol. The minimum atomic E-state index is -1.44. The number of amides is 2. The molecule has 204 valence electrons. The summed E-state index contributed by atoms with van der Waals surface area (Å²) in [6.07, 6.45) is 3.24. The Bertz CT molecular complexity index is 1570. The Kier molecular flexibility index (Phi) is 5.65. The van der Waals surface area contributed by atoms with E-state index in [1.807, 2.05) is 55.5 Å². The van der Waals surface area contributed by atoms with Crippen molar-refractivity contribution in [3.63, 3.8) is 0 Å². The Morgan fingerprint density at radius 3 is 2.58 bits per heavy atom. The monoisotopic (exact) mass is 535 g/mol. The Balaban J connectivity index is 1.52. The summed E-state index contributed by atoms with van der Waals surface area (Å²) in [5.74, 6) is -0.780. The fourth-order valence-corrected chi connectivity index (χ4v) is 7.98. The zero-order valence-corrected chi connectivity index (χ0v) is 22.8. The van der Waals surface area contributed by atoms with Gasteiger partial charge in [-0.1, -0.05) is 56.3 Å². The molecular formula is C33H33N3O4. The zero-order valence-electron chi connectivity index (χ0n) is 22.8. The molecule has 0 radical (unpaired) electrons. The van der Waals surface area contributed by atoms with E-state index >= 15 is 0 Å². The molecule has 0 saturated carbocycles. The quantitative estimate of drug-likeness (QED) is 0.431. The third kappa shape index (κ3) is 3.01. The standard InChI is InChI=1S/C33H33N3O4/c1-3-17-40-22-10-7-9-21(19-22)29(37)28-27-13-8-16-36(27)33(24-18-20(4-2)14-15-26(24)35-31(33)39)32(28)23-11-5-6-12-25(23)34-30(32)38/h5-7,9-12,14-15,18-19,27-28H,3-4,8,13,16-17H2,1-2H3,(H,34,38)(H,35,39)/t27-,28-,32+,33-/m1/s1. The van der Waals surface area contributed by atoms with E-state index in [0.717, 1.165) is 42.4 Å². The first-order valence-corrected chi connectivity index (χ1v) is 14.4. The summed E-state index contributed by atoms with van der Waals surface area (Å²) < 4.78 is 5.87. The molecule has 0 unspecified atom stereocenters. The molecule has 4 aliphatic rings. The number of fused-ring (bicyclic) bond motifs is 7. The highest BCUT2D eigenvalue weighted by Crippen LogP contribution is 2.67. The van der Waals surface area contributed by atoms with Crippen molar-refractivity contribution in [2.45, 2.75) is 56.5 Å². The van der Waals surface area contributed by atoms with E-state index < -0.39 is 16.9 Å². The third-order valence-corrected chi connectivity index (χ3v) is 9.44. The van der Waals surface area contributed by atoms with E-state index in [2.05, 4.69) is 28.5 Å². The number of carbonyl (C=O) groups excluding carboxylic acids is 3. The Hall–Kier alpha value is -3.97. The van der Waals surface area contributed by atoms with Gasteiger partial charge in [0.1, 0.15) is 16.7 Å². The molecule has 4 aliphatic heterocycles. The summed E-state index contributed by atoms with van der Waals surface area (Å²) >= 11 is 0. The second-order valence-electron chi connectivity index (χ2n) is 11.3. The topological polar surface area (TPSA) is 87.7 Å². The zero-order chi connectivity index (χ0) is 27.6. The summed E-state index contributed by atoms with van der Waals surface area (Å²) in [6, 6.07) is 20.6. The van der Waals surface area contributed by atoms with Gasteiger partial charge >= 0.3 is 0 Å². The molecule has 3 aromatic carbocycles. The largest absolute Gasteiger partial charge is 0.494 e. The minimum absolute atomic E-state index is 0.129. The number of para-hydroxylation sites is 1. The van der Waals surface area contributed by atoms with Gasteiger partial charge in [0.25, 0.3) is 5.91 Å². The first-order chi connectivity index (χ1) is 19.5. The average Bonchev–Trinajstić information content (AvgIpc) is 3.70. The van der Waals surface area contributed by atoms with Crippen LogP contribution >= 0.6 is 0 Å². The maximum absolute atomic E-state index is 14.8. The molecule has 7 rings (SSSR count). The van der Waals surface area contributed by atoms with Gasteiger partial charge in [-0.2, -0.15) is 0 Å². The third-order valence-electron chi connectivity index (χ3n) is 9.44. The van der Waals surface area contributed by atoms with Crippen molar-refractivity contribution in [2.24, 2.45) is 5.92 Å². The van der Waals surface area contributed by atoms with Crippen LogP contribution in [0.1, 0.15) is 60.2 Å². The molecule has 0 bridgehead atoms. The van der Waals surface area contributed by atoms with E-state index in [1.54, 1.807) is 12.1 Å². The van der Waals surface area contributed by atoms with E-state index in [0.29, 0.717) is 35.8 Å². The number of hydrogen-bond acceptors (Lipinski definition) is 5. The highest BCUT2D eigenvalue weighted by molar-refractivity contribution is 6.21. The summed E-state index contributed by atoms with van der Waals surface area (Å²) in [5, 5.41) is 6.24. The molecule has 2 N–H and O–H groups in total. The van der Waals surface area contributed by atoms with Gasteiger partial charge in [-0.15, -0.1) is 0 Å². The van der Waals surface area contributed by atoms with Gasteiger partial charge in [-0.3, -0.25) is 19.3 Å². The van der Waals surface area contributed by atoms with Crippen molar-refractivity contribution in [1.82, 2.24) is 4.90 Å². The van der Waals surface area contributed by atoms with Crippen LogP contribution in [0.25, 0.3) is 0 Å². The SMILES string of the molecule is CCCOc1cccc(C(=O)[C@H]2[C@H]3CCCN3[C@]3(C(=O)Nc4ccc(CC)cc43)[C@]23C(=O)Nc2ccccc23)c1. The molecule has 2 saturated heterocycles. The Morgan fingerprint density at radius 2 is 1.75 bits per heavy atom. The van der Waals surface area contributed by atoms with E-state index in [9.17, 15) is 14.4 Å². The number of Topliss-reactive ketones (excluding diaryl/α,β-unsaturated/α-hetero) is 1. The van der Waals surface area contributed by atoms with Crippen LogP contribution in [0.15, 0.2) is 66.7 Å². The number of aryl methyl sites for hydroxylation is 1. The minimum Gasteiger partial charge on any atom is -0.494 e. The number of anilines is 2. The molecule has 3 aromatic rings. The molecule has 2 spiro atoms. The smallest absolute Gasteiger partial charge is 0.251 e. The van der Waals surface area contributed by atoms with Crippen molar-refractivity contribution in [1.29, 1.82) is 0 Å². The van der Waals surface area contributed by atoms with Crippen LogP contribution in [0.3, 0.4) is 0 Å². The van der Waals surface area contributed by atoms with Gasteiger partial charge < -0.3 is 15.4 Å². The van der Waals surface area contributed by atoms with Gasteiger partial charge in [0.05, 0.1) is 12.5 Å². The molecule has 4 atom stereocenters. The second-order valence-corrected chi connectivity index (χ2v) is 11.3. The maximum atomic E-state index is 14.8. The molecule has 0 aliphatic carbocycles. The highest BCUT2D eigenvalue weighted by atomic mass is 16.5. The fourth-order valence-electron chi connectivity index (χ4n) is 7.98. The van der Waals surface area contributed by atoms with Gasteiger partial charge in [0, 0.05) is 28.5 Å². The highest BCUT2D eigenvalue weighted by Gasteiger charge is 2.81. The van der Waals surface area contributed by atoms with Crippen LogP contribution < -0.4 is 15.4 Å². The number of rotatable bonds is 6. The maximum Gasteiger partial charge on any atom is 0.251 e. The van der Waals surface area contributed by atoms with Crippen molar-refractivity contribution in [3.05, 3.63) is 89.0 Å². The molecule has 40 heavy (non-hydrogen) atoms. The van der Waals surface area contributed by atoms with Crippen molar-refractivity contribution in [2.75, 3.05) is 23.8 Å². The number of benzene rings is 3. The Morgan fingerprint density at radius 1 is 0.950 bits per heavy atom. The normalized spacial score (nSPS) is 27.9. The predicted octanol–water partition coefficient (Wildman–Crippen LogP) is 5.05. The van der Waals surface area contributed by atoms with E-state index in [1.165, 1.54) is 0 Å². The molecular weight excluding hydrogens is 502 g/mol. The predicted molar refractivity (Wildman–Crippen MR) is 153 cm³/mol. The van der Waals surface area contributed by atoms with Crippen LogP contribution in [-0.2, 0) is 27.0 Å². The lowest BCUT2D eigenvalue weighted by atomic mass is 9.57. The van der Waals surface area contributed by atoms with Crippen LogP contribution in [-0.4, -0.2) is 41.7 Å². The second kappa shape index (κ2) is 9.03. The van der Waals surface area contributed by atoms with E-state index in [4.69, 9.17) is 4.74 Å². The molecule has 7 nitrogen and oxygen atoms in total. The van der Waals surface area contributed by atoms with Crippen LogP contribution in [0.4, 0.5) is 11.4 Å². The first kappa shape index (κ1) is 25.0. The molecule has 2 fully saturated rings. The lowest BCUT2D eigenvalue weighted by Crippen LogP contribution is -2.62. The Labute approximate surface area is 233 Å².